The Balaban J connectivity index is 1.83. The van der Waals surface area contributed by atoms with E-state index in [0.29, 0.717) is 6.61 Å². The molecule has 1 saturated carbocycles. The molecule has 0 N–H and O–H groups in total. The first-order valence-corrected chi connectivity index (χ1v) is 5.19. The Bertz CT molecular complexity index is 334. The van der Waals surface area contributed by atoms with Crippen LogP contribution in [0, 0.1) is 5.92 Å². The van der Waals surface area contributed by atoms with Crippen LogP contribution in [0.15, 0.2) is 30.3 Å². The number of hydrogen-bond donors (Lipinski definition) is 0. The lowest BCUT2D eigenvalue weighted by Gasteiger charge is -2.04. The average molecular weight is 206 g/mol. The third kappa shape index (κ3) is 2.49. The van der Waals surface area contributed by atoms with Crippen LogP contribution in [0.2, 0.25) is 0 Å². The summed E-state index contributed by atoms with van der Waals surface area (Å²) < 4.78 is 10.5. The molecule has 1 aliphatic carbocycles. The summed E-state index contributed by atoms with van der Waals surface area (Å²) in [4.78, 5) is 11.3. The Morgan fingerprint density at radius 2 is 2.13 bits per heavy atom. The van der Waals surface area contributed by atoms with Gasteiger partial charge in [0, 0.05) is 6.42 Å². The Hall–Kier alpha value is -1.51. The molecule has 2 atom stereocenters. The molecule has 80 valence electrons. The third-order valence-corrected chi connectivity index (χ3v) is 2.35. The van der Waals surface area contributed by atoms with Gasteiger partial charge in [-0.05, 0) is 19.1 Å². The SMILES string of the molecule is CCOC(=O)C1CC1Oc1ccccc1. The van der Waals surface area contributed by atoms with Crippen molar-refractivity contribution >= 4 is 5.97 Å². The molecule has 15 heavy (non-hydrogen) atoms. The lowest BCUT2D eigenvalue weighted by molar-refractivity contribution is -0.145. The molecule has 1 aliphatic rings. The molecular formula is C12H14O3. The average Bonchev–Trinajstić information content (AvgIpc) is 2.99. The first kappa shape index (κ1) is 10.0. The fourth-order valence-corrected chi connectivity index (χ4v) is 1.47. The van der Waals surface area contributed by atoms with Crippen LogP contribution in [0.3, 0.4) is 0 Å². The smallest absolute Gasteiger partial charge is 0.312 e. The van der Waals surface area contributed by atoms with Crippen LogP contribution < -0.4 is 4.74 Å². The Morgan fingerprint density at radius 3 is 2.80 bits per heavy atom. The van der Waals surface area contributed by atoms with E-state index in [-0.39, 0.29) is 18.0 Å². The molecule has 3 nitrogen and oxygen atoms in total. The fourth-order valence-electron chi connectivity index (χ4n) is 1.47. The van der Waals surface area contributed by atoms with Crippen molar-refractivity contribution in [3.05, 3.63) is 30.3 Å². The van der Waals surface area contributed by atoms with Gasteiger partial charge in [-0.2, -0.15) is 0 Å². The predicted molar refractivity (Wildman–Crippen MR) is 55.6 cm³/mol. The van der Waals surface area contributed by atoms with E-state index in [1.165, 1.54) is 0 Å². The minimum Gasteiger partial charge on any atom is -0.490 e. The lowest BCUT2D eigenvalue weighted by atomic mass is 10.3. The van der Waals surface area contributed by atoms with Crippen LogP contribution in [-0.2, 0) is 9.53 Å². The van der Waals surface area contributed by atoms with E-state index in [0.717, 1.165) is 12.2 Å². The van der Waals surface area contributed by atoms with E-state index in [1.807, 2.05) is 37.3 Å². The summed E-state index contributed by atoms with van der Waals surface area (Å²) in [7, 11) is 0. The second-order valence-electron chi connectivity index (χ2n) is 3.56. The van der Waals surface area contributed by atoms with Crippen LogP contribution in [0.4, 0.5) is 0 Å². The molecule has 3 heteroatoms. The second-order valence-corrected chi connectivity index (χ2v) is 3.56. The molecule has 0 saturated heterocycles. The van der Waals surface area contributed by atoms with Gasteiger partial charge in [0.05, 0.1) is 12.5 Å². The van der Waals surface area contributed by atoms with Crippen molar-refractivity contribution in [2.75, 3.05) is 6.61 Å². The summed E-state index contributed by atoms with van der Waals surface area (Å²) in [5, 5.41) is 0. The van der Waals surface area contributed by atoms with E-state index in [9.17, 15) is 4.79 Å². The van der Waals surface area contributed by atoms with E-state index in [2.05, 4.69) is 0 Å². The number of carbonyl (C=O) groups excluding carboxylic acids is 1. The van der Waals surface area contributed by atoms with Crippen molar-refractivity contribution < 1.29 is 14.3 Å². The van der Waals surface area contributed by atoms with Crippen LogP contribution in [0.1, 0.15) is 13.3 Å². The molecule has 1 fully saturated rings. The highest BCUT2D eigenvalue weighted by Gasteiger charge is 2.46. The summed E-state index contributed by atoms with van der Waals surface area (Å²) in [6, 6.07) is 9.54. The number of carbonyl (C=O) groups is 1. The Labute approximate surface area is 89.0 Å². The first-order valence-electron chi connectivity index (χ1n) is 5.19. The fraction of sp³-hybridized carbons (Fsp3) is 0.417. The van der Waals surface area contributed by atoms with Crippen molar-refractivity contribution in [1.82, 2.24) is 0 Å². The van der Waals surface area contributed by atoms with Crippen molar-refractivity contribution in [1.29, 1.82) is 0 Å². The van der Waals surface area contributed by atoms with Gasteiger partial charge in [-0.25, -0.2) is 0 Å². The maximum atomic E-state index is 11.3. The van der Waals surface area contributed by atoms with Crippen molar-refractivity contribution in [3.8, 4) is 5.75 Å². The van der Waals surface area contributed by atoms with Crippen LogP contribution in [0.25, 0.3) is 0 Å². The third-order valence-electron chi connectivity index (χ3n) is 2.35. The highest BCUT2D eigenvalue weighted by molar-refractivity contribution is 5.76. The topological polar surface area (TPSA) is 35.5 Å². The van der Waals surface area contributed by atoms with Gasteiger partial charge in [0.25, 0.3) is 0 Å². The van der Waals surface area contributed by atoms with E-state index >= 15 is 0 Å². The van der Waals surface area contributed by atoms with Crippen molar-refractivity contribution in [2.45, 2.75) is 19.4 Å². The summed E-state index contributed by atoms with van der Waals surface area (Å²) in [6.45, 7) is 2.25. The van der Waals surface area contributed by atoms with Gasteiger partial charge < -0.3 is 9.47 Å². The maximum Gasteiger partial charge on any atom is 0.312 e. The largest absolute Gasteiger partial charge is 0.490 e. The molecule has 0 spiro atoms. The minimum atomic E-state index is -0.140. The molecule has 0 bridgehead atoms. The summed E-state index contributed by atoms with van der Waals surface area (Å²) >= 11 is 0. The summed E-state index contributed by atoms with van der Waals surface area (Å²) in [5.41, 5.74) is 0. The van der Waals surface area contributed by atoms with Gasteiger partial charge in [-0.15, -0.1) is 0 Å². The van der Waals surface area contributed by atoms with Crippen LogP contribution in [0.5, 0.6) is 5.75 Å². The van der Waals surface area contributed by atoms with Crippen LogP contribution >= 0.6 is 0 Å². The van der Waals surface area contributed by atoms with E-state index in [4.69, 9.17) is 9.47 Å². The zero-order valence-electron chi connectivity index (χ0n) is 8.68. The monoisotopic (exact) mass is 206 g/mol. The summed E-state index contributed by atoms with van der Waals surface area (Å²) in [5.74, 6) is 0.609. The second kappa shape index (κ2) is 4.34. The first-order chi connectivity index (χ1) is 7.31. The van der Waals surface area contributed by atoms with Crippen molar-refractivity contribution in [2.24, 2.45) is 5.92 Å². The molecule has 0 radical (unpaired) electrons. The maximum absolute atomic E-state index is 11.3. The standard InChI is InChI=1S/C12H14O3/c1-2-14-12(13)10-8-11(10)15-9-6-4-3-5-7-9/h3-7,10-11H,2,8H2,1H3. The molecule has 2 unspecified atom stereocenters. The van der Waals surface area contributed by atoms with Crippen molar-refractivity contribution in [3.63, 3.8) is 0 Å². The van der Waals surface area contributed by atoms with Gasteiger partial charge in [0.2, 0.25) is 0 Å². The molecule has 0 amide bonds. The lowest BCUT2D eigenvalue weighted by Crippen LogP contribution is -2.11. The quantitative estimate of drug-likeness (QED) is 0.707. The predicted octanol–water partition coefficient (Wildman–Crippen LogP) is 2.02. The number of esters is 1. The molecule has 0 heterocycles. The Kier molecular flexibility index (Phi) is 2.90. The number of ether oxygens (including phenoxy) is 2. The number of para-hydroxylation sites is 1. The van der Waals surface area contributed by atoms with Gasteiger partial charge in [-0.1, -0.05) is 18.2 Å². The highest BCUT2D eigenvalue weighted by Crippen LogP contribution is 2.35. The molecule has 1 aromatic carbocycles. The Morgan fingerprint density at radius 1 is 1.40 bits per heavy atom. The normalized spacial score (nSPS) is 23.3. The van der Waals surface area contributed by atoms with Gasteiger partial charge in [0.1, 0.15) is 11.9 Å². The van der Waals surface area contributed by atoms with Gasteiger partial charge >= 0.3 is 5.97 Å². The zero-order valence-corrected chi connectivity index (χ0v) is 8.68. The van der Waals surface area contributed by atoms with Crippen LogP contribution in [-0.4, -0.2) is 18.7 Å². The number of hydrogen-bond acceptors (Lipinski definition) is 3. The zero-order chi connectivity index (χ0) is 10.7. The van der Waals surface area contributed by atoms with E-state index in [1.54, 1.807) is 0 Å². The van der Waals surface area contributed by atoms with Gasteiger partial charge in [-0.3, -0.25) is 4.79 Å². The molecule has 1 aromatic rings. The summed E-state index contributed by atoms with van der Waals surface area (Å²) in [6.07, 6.45) is 0.778. The number of benzene rings is 1. The molecular weight excluding hydrogens is 192 g/mol. The highest BCUT2D eigenvalue weighted by atomic mass is 16.5. The molecule has 0 aromatic heterocycles. The van der Waals surface area contributed by atoms with E-state index < -0.39 is 0 Å². The van der Waals surface area contributed by atoms with Gasteiger partial charge in [0.15, 0.2) is 0 Å². The minimum absolute atomic E-state index is 0.00597. The number of rotatable bonds is 4. The molecule has 2 rings (SSSR count). The molecule has 0 aliphatic heterocycles.